The maximum atomic E-state index is 11.5. The van der Waals surface area contributed by atoms with Gasteiger partial charge in [0.05, 0.1) is 0 Å². The number of rotatable bonds is 3. The molecule has 0 aromatic heterocycles. The zero-order valence-corrected chi connectivity index (χ0v) is 9.70. The Kier molecular flexibility index (Phi) is 3.37. The molecule has 0 aromatic carbocycles. The first-order valence-electron chi connectivity index (χ1n) is 5.27. The minimum Gasteiger partial charge on any atom is -0.422 e. The van der Waals surface area contributed by atoms with Gasteiger partial charge in [-0.15, -0.1) is 0 Å². The highest BCUT2D eigenvalue weighted by Gasteiger charge is 2.42. The third kappa shape index (κ3) is 3.22. The van der Waals surface area contributed by atoms with Gasteiger partial charge in [-0.05, 0) is 18.8 Å². The molecule has 0 saturated carbocycles. The first-order valence-corrected chi connectivity index (χ1v) is 5.27. The highest BCUT2D eigenvalue weighted by atomic mass is 16.7. The number of esters is 2. The van der Waals surface area contributed by atoms with Gasteiger partial charge in [0.15, 0.2) is 5.92 Å². The average molecular weight is 214 g/mol. The molecule has 0 atom stereocenters. The fourth-order valence-corrected chi connectivity index (χ4v) is 1.48. The molecule has 1 fully saturated rings. The minimum atomic E-state index is -1.11. The second-order valence-corrected chi connectivity index (χ2v) is 4.77. The van der Waals surface area contributed by atoms with Gasteiger partial charge in [-0.1, -0.05) is 13.8 Å². The van der Waals surface area contributed by atoms with Gasteiger partial charge < -0.3 is 9.47 Å². The maximum Gasteiger partial charge on any atom is 0.323 e. The molecule has 1 aliphatic heterocycles. The molecule has 1 aliphatic rings. The van der Waals surface area contributed by atoms with Crippen molar-refractivity contribution in [1.82, 2.24) is 0 Å². The van der Waals surface area contributed by atoms with Gasteiger partial charge in [0.2, 0.25) is 0 Å². The quantitative estimate of drug-likeness (QED) is 0.531. The van der Waals surface area contributed by atoms with E-state index in [9.17, 15) is 9.59 Å². The Bertz CT molecular complexity index is 248. The summed E-state index contributed by atoms with van der Waals surface area (Å²) in [4.78, 5) is 23.0. The maximum absolute atomic E-state index is 11.5. The summed E-state index contributed by atoms with van der Waals surface area (Å²) in [6.07, 6.45) is 1.32. The van der Waals surface area contributed by atoms with Crippen LogP contribution in [0.25, 0.3) is 0 Å². The lowest BCUT2D eigenvalue weighted by molar-refractivity contribution is -0.240. The van der Waals surface area contributed by atoms with E-state index in [1.165, 1.54) is 0 Å². The predicted molar refractivity (Wildman–Crippen MR) is 53.8 cm³/mol. The molecular weight excluding hydrogens is 196 g/mol. The summed E-state index contributed by atoms with van der Waals surface area (Å²) in [6.45, 7) is 7.20. The SMILES string of the molecule is CC(C)CCC1C(=O)OC(C)(C)OC1=O. The van der Waals surface area contributed by atoms with Crippen molar-refractivity contribution in [3.8, 4) is 0 Å². The molecule has 1 heterocycles. The van der Waals surface area contributed by atoms with Crippen LogP contribution in [0.1, 0.15) is 40.5 Å². The second kappa shape index (κ2) is 4.21. The topological polar surface area (TPSA) is 52.6 Å². The van der Waals surface area contributed by atoms with E-state index in [1.54, 1.807) is 13.8 Å². The minimum absolute atomic E-state index is 0.459. The second-order valence-electron chi connectivity index (χ2n) is 4.77. The molecule has 0 aliphatic carbocycles. The van der Waals surface area contributed by atoms with Crippen molar-refractivity contribution in [3.05, 3.63) is 0 Å². The van der Waals surface area contributed by atoms with Crippen LogP contribution in [0.4, 0.5) is 0 Å². The van der Waals surface area contributed by atoms with E-state index >= 15 is 0 Å². The van der Waals surface area contributed by atoms with Crippen molar-refractivity contribution in [3.63, 3.8) is 0 Å². The number of cyclic esters (lactones) is 2. The van der Waals surface area contributed by atoms with Gasteiger partial charge >= 0.3 is 11.9 Å². The van der Waals surface area contributed by atoms with Gasteiger partial charge in [0, 0.05) is 13.8 Å². The summed E-state index contributed by atoms with van der Waals surface area (Å²) in [7, 11) is 0. The highest BCUT2D eigenvalue weighted by molar-refractivity contribution is 5.96. The van der Waals surface area contributed by atoms with Crippen LogP contribution in [-0.2, 0) is 19.1 Å². The Labute approximate surface area is 89.9 Å². The van der Waals surface area contributed by atoms with Crippen molar-refractivity contribution < 1.29 is 19.1 Å². The molecule has 4 heteroatoms. The van der Waals surface area contributed by atoms with Gasteiger partial charge in [-0.3, -0.25) is 9.59 Å². The summed E-state index contributed by atoms with van der Waals surface area (Å²) in [5.74, 6) is -2.31. The molecule has 1 rings (SSSR count). The van der Waals surface area contributed by atoms with Gasteiger partial charge in [-0.2, -0.15) is 0 Å². The Morgan fingerprint density at radius 3 is 2.07 bits per heavy atom. The molecule has 1 saturated heterocycles. The smallest absolute Gasteiger partial charge is 0.323 e. The fourth-order valence-electron chi connectivity index (χ4n) is 1.48. The van der Waals surface area contributed by atoms with Crippen LogP contribution in [0.2, 0.25) is 0 Å². The molecule has 0 radical (unpaired) electrons. The first-order chi connectivity index (χ1) is 6.82. The van der Waals surface area contributed by atoms with Crippen LogP contribution >= 0.6 is 0 Å². The molecule has 0 aromatic rings. The van der Waals surface area contributed by atoms with Gasteiger partial charge in [0.25, 0.3) is 5.79 Å². The van der Waals surface area contributed by atoms with E-state index in [0.29, 0.717) is 12.3 Å². The zero-order chi connectivity index (χ0) is 11.6. The van der Waals surface area contributed by atoms with E-state index in [4.69, 9.17) is 9.47 Å². The molecule has 0 bridgehead atoms. The van der Waals surface area contributed by atoms with Crippen LogP contribution in [0.15, 0.2) is 0 Å². The Hall–Kier alpha value is -1.06. The van der Waals surface area contributed by atoms with E-state index in [-0.39, 0.29) is 0 Å². The van der Waals surface area contributed by atoms with Crippen LogP contribution in [0, 0.1) is 11.8 Å². The molecule has 0 N–H and O–H groups in total. The lowest BCUT2D eigenvalue weighted by Gasteiger charge is -2.33. The van der Waals surface area contributed by atoms with Crippen molar-refractivity contribution in [2.24, 2.45) is 11.8 Å². The van der Waals surface area contributed by atoms with Crippen LogP contribution in [0.5, 0.6) is 0 Å². The van der Waals surface area contributed by atoms with Crippen LogP contribution in [-0.4, -0.2) is 17.7 Å². The van der Waals surface area contributed by atoms with E-state index in [2.05, 4.69) is 0 Å². The number of carbonyl (C=O) groups is 2. The summed E-state index contributed by atoms with van der Waals surface area (Å²) < 4.78 is 10.0. The number of hydrogen-bond acceptors (Lipinski definition) is 4. The van der Waals surface area contributed by atoms with Gasteiger partial charge in [0.1, 0.15) is 0 Å². The number of hydrogen-bond donors (Lipinski definition) is 0. The van der Waals surface area contributed by atoms with Crippen LogP contribution < -0.4 is 0 Å². The molecular formula is C11H18O4. The van der Waals surface area contributed by atoms with E-state index in [0.717, 1.165) is 6.42 Å². The molecule has 15 heavy (non-hydrogen) atoms. The normalized spacial score (nSPS) is 21.4. The Morgan fingerprint density at radius 2 is 1.67 bits per heavy atom. The fraction of sp³-hybridized carbons (Fsp3) is 0.818. The Balaban J connectivity index is 2.59. The molecule has 0 amide bonds. The zero-order valence-electron chi connectivity index (χ0n) is 9.70. The molecule has 0 unspecified atom stereocenters. The summed E-state index contributed by atoms with van der Waals surface area (Å²) in [6, 6.07) is 0. The number of carbonyl (C=O) groups excluding carboxylic acids is 2. The lowest BCUT2D eigenvalue weighted by atomic mass is 9.97. The monoisotopic (exact) mass is 214 g/mol. The standard InChI is InChI=1S/C11H18O4/c1-7(2)5-6-8-9(12)14-11(3,4)15-10(8)13/h7-8H,5-6H2,1-4H3. The average Bonchev–Trinajstić information content (AvgIpc) is 1.98. The number of ether oxygens (including phenoxy) is 2. The first kappa shape index (κ1) is 12.0. The van der Waals surface area contributed by atoms with E-state index in [1.807, 2.05) is 13.8 Å². The van der Waals surface area contributed by atoms with Crippen molar-refractivity contribution in [2.45, 2.75) is 46.3 Å². The lowest BCUT2D eigenvalue weighted by Crippen LogP contribution is -2.46. The molecule has 4 nitrogen and oxygen atoms in total. The third-order valence-corrected chi connectivity index (χ3v) is 2.29. The van der Waals surface area contributed by atoms with Crippen LogP contribution in [0.3, 0.4) is 0 Å². The summed E-state index contributed by atoms with van der Waals surface area (Å²) in [5, 5.41) is 0. The van der Waals surface area contributed by atoms with Gasteiger partial charge in [-0.25, -0.2) is 0 Å². The van der Waals surface area contributed by atoms with Crippen molar-refractivity contribution >= 4 is 11.9 Å². The molecule has 0 spiro atoms. The summed E-state index contributed by atoms with van der Waals surface area (Å²) >= 11 is 0. The largest absolute Gasteiger partial charge is 0.422 e. The Morgan fingerprint density at radius 1 is 1.20 bits per heavy atom. The highest BCUT2D eigenvalue weighted by Crippen LogP contribution is 2.26. The third-order valence-electron chi connectivity index (χ3n) is 2.29. The predicted octanol–water partition coefficient (Wildman–Crippen LogP) is 1.87. The van der Waals surface area contributed by atoms with E-state index < -0.39 is 23.6 Å². The molecule has 86 valence electrons. The van der Waals surface area contributed by atoms with Crippen molar-refractivity contribution in [2.75, 3.05) is 0 Å². The summed E-state index contributed by atoms with van der Waals surface area (Å²) in [5.41, 5.74) is 0. The van der Waals surface area contributed by atoms with Crippen molar-refractivity contribution in [1.29, 1.82) is 0 Å².